The third-order valence-electron chi connectivity index (χ3n) is 3.33. The zero-order valence-corrected chi connectivity index (χ0v) is 11.2. The van der Waals surface area contributed by atoms with E-state index in [4.69, 9.17) is 16.3 Å². The highest BCUT2D eigenvalue weighted by molar-refractivity contribution is 6.29. The lowest BCUT2D eigenvalue weighted by molar-refractivity contribution is -0.0182. The van der Waals surface area contributed by atoms with Crippen LogP contribution in [-0.2, 0) is 11.3 Å². The third-order valence-corrected chi connectivity index (χ3v) is 3.52. The normalized spacial score (nSPS) is 24.9. The molecule has 1 aliphatic carbocycles. The predicted octanol–water partition coefficient (Wildman–Crippen LogP) is 3.53. The van der Waals surface area contributed by atoms with Crippen molar-refractivity contribution in [3.63, 3.8) is 0 Å². The highest BCUT2D eigenvalue weighted by Gasteiger charge is 2.22. The van der Waals surface area contributed by atoms with Crippen LogP contribution in [0.1, 0.15) is 44.1 Å². The molecule has 3 nitrogen and oxygen atoms in total. The van der Waals surface area contributed by atoms with Gasteiger partial charge in [0.1, 0.15) is 11.8 Å². The van der Waals surface area contributed by atoms with Gasteiger partial charge in [-0.25, -0.2) is 9.97 Å². The zero-order valence-electron chi connectivity index (χ0n) is 10.4. The highest BCUT2D eigenvalue weighted by Crippen LogP contribution is 2.26. The molecule has 1 aromatic rings. The summed E-state index contributed by atoms with van der Waals surface area (Å²) in [7, 11) is 0. The van der Waals surface area contributed by atoms with Crippen molar-refractivity contribution in [3.05, 3.63) is 22.7 Å². The number of rotatable bonds is 3. The first-order chi connectivity index (χ1) is 8.15. The molecule has 1 aliphatic rings. The lowest BCUT2D eigenvalue weighted by Gasteiger charge is -2.28. The number of aryl methyl sites for hydroxylation is 1. The van der Waals surface area contributed by atoms with E-state index in [1.165, 1.54) is 19.3 Å². The number of hydrogen-bond donors (Lipinski definition) is 0. The minimum atomic E-state index is 0.353. The molecule has 0 spiro atoms. The van der Waals surface area contributed by atoms with Crippen molar-refractivity contribution in [1.82, 2.24) is 9.97 Å². The molecule has 2 rings (SSSR count). The van der Waals surface area contributed by atoms with Crippen LogP contribution < -0.4 is 0 Å². The van der Waals surface area contributed by atoms with E-state index in [2.05, 4.69) is 16.9 Å². The fourth-order valence-electron chi connectivity index (χ4n) is 2.36. The molecule has 4 heteroatoms. The van der Waals surface area contributed by atoms with Gasteiger partial charge in [-0.3, -0.25) is 0 Å². The molecule has 0 N–H and O–H groups in total. The summed E-state index contributed by atoms with van der Waals surface area (Å²) in [6, 6.07) is 1.76. The third kappa shape index (κ3) is 3.65. The summed E-state index contributed by atoms with van der Waals surface area (Å²) in [6.45, 7) is 4.64. The molecular formula is C13H19ClN2O. The molecule has 0 radical (unpaired) electrons. The van der Waals surface area contributed by atoms with E-state index in [0.29, 0.717) is 29.6 Å². The van der Waals surface area contributed by atoms with Crippen LogP contribution in [0.3, 0.4) is 0 Å². The first-order valence-corrected chi connectivity index (χ1v) is 6.64. The van der Waals surface area contributed by atoms with Crippen LogP contribution in [0.2, 0.25) is 5.15 Å². The van der Waals surface area contributed by atoms with Gasteiger partial charge in [-0.1, -0.05) is 31.4 Å². The Morgan fingerprint density at radius 2 is 2.12 bits per heavy atom. The van der Waals surface area contributed by atoms with Gasteiger partial charge in [0.15, 0.2) is 5.82 Å². The van der Waals surface area contributed by atoms with Crippen molar-refractivity contribution >= 4 is 11.6 Å². The predicted molar refractivity (Wildman–Crippen MR) is 68.0 cm³/mol. The number of aromatic nitrogens is 2. The number of halogens is 1. The summed E-state index contributed by atoms with van der Waals surface area (Å²) in [5.41, 5.74) is 0.889. The Bertz CT molecular complexity index is 363. The minimum Gasteiger partial charge on any atom is -0.370 e. The Morgan fingerprint density at radius 1 is 1.35 bits per heavy atom. The van der Waals surface area contributed by atoms with Crippen molar-refractivity contribution in [3.8, 4) is 0 Å². The molecule has 1 fully saturated rings. The fourth-order valence-corrected chi connectivity index (χ4v) is 2.62. The lowest BCUT2D eigenvalue weighted by atomic mass is 9.88. The fraction of sp³-hybridized carbons (Fsp3) is 0.692. The molecule has 1 saturated carbocycles. The van der Waals surface area contributed by atoms with Gasteiger partial charge in [0.2, 0.25) is 0 Å². The van der Waals surface area contributed by atoms with E-state index in [-0.39, 0.29) is 0 Å². The maximum Gasteiger partial charge on any atom is 0.155 e. The van der Waals surface area contributed by atoms with Crippen LogP contribution in [0.5, 0.6) is 0 Å². The standard InChI is InChI=1S/C13H19ClN2O/c1-9-5-3-4-6-11(9)17-8-13-15-10(2)7-12(14)16-13/h7,9,11H,3-6,8H2,1-2H3. The van der Waals surface area contributed by atoms with E-state index in [0.717, 1.165) is 12.1 Å². The van der Waals surface area contributed by atoms with Crippen LogP contribution in [0.15, 0.2) is 6.07 Å². The Kier molecular flexibility index (Phi) is 4.35. The molecule has 17 heavy (non-hydrogen) atoms. The van der Waals surface area contributed by atoms with Gasteiger partial charge in [0, 0.05) is 5.69 Å². The molecular weight excluding hydrogens is 236 g/mol. The lowest BCUT2D eigenvalue weighted by Crippen LogP contribution is -2.25. The summed E-state index contributed by atoms with van der Waals surface area (Å²) in [5.74, 6) is 1.33. The topological polar surface area (TPSA) is 35.0 Å². The second-order valence-electron chi connectivity index (χ2n) is 4.86. The molecule has 2 atom stereocenters. The summed E-state index contributed by atoms with van der Waals surface area (Å²) >= 11 is 5.89. The monoisotopic (exact) mass is 254 g/mol. The summed E-state index contributed by atoms with van der Waals surface area (Å²) in [6.07, 6.45) is 5.37. The van der Waals surface area contributed by atoms with E-state index in [9.17, 15) is 0 Å². The largest absolute Gasteiger partial charge is 0.370 e. The Hall–Kier alpha value is -0.670. The molecule has 94 valence electrons. The van der Waals surface area contributed by atoms with Crippen molar-refractivity contribution < 1.29 is 4.74 Å². The molecule has 1 heterocycles. The summed E-state index contributed by atoms with van der Waals surface area (Å²) in [4.78, 5) is 8.50. The first-order valence-electron chi connectivity index (χ1n) is 6.27. The summed E-state index contributed by atoms with van der Waals surface area (Å²) in [5, 5.41) is 0.493. The molecule has 0 saturated heterocycles. The smallest absolute Gasteiger partial charge is 0.155 e. The van der Waals surface area contributed by atoms with Crippen LogP contribution in [0.25, 0.3) is 0 Å². The van der Waals surface area contributed by atoms with Crippen molar-refractivity contribution in [2.45, 2.75) is 52.2 Å². The van der Waals surface area contributed by atoms with Gasteiger partial charge in [0.05, 0.1) is 6.10 Å². The van der Waals surface area contributed by atoms with Crippen LogP contribution >= 0.6 is 11.6 Å². The van der Waals surface area contributed by atoms with Crippen molar-refractivity contribution in [2.75, 3.05) is 0 Å². The Balaban J connectivity index is 1.92. The Labute approximate surface area is 108 Å². The van der Waals surface area contributed by atoms with E-state index < -0.39 is 0 Å². The van der Waals surface area contributed by atoms with Crippen LogP contribution in [0.4, 0.5) is 0 Å². The van der Waals surface area contributed by atoms with E-state index in [1.54, 1.807) is 6.07 Å². The number of nitrogens with zero attached hydrogens (tertiary/aromatic N) is 2. The summed E-state index contributed by atoms with van der Waals surface area (Å²) < 4.78 is 5.91. The SMILES string of the molecule is Cc1cc(Cl)nc(COC2CCCCC2C)n1. The molecule has 2 unspecified atom stereocenters. The molecule has 0 amide bonds. The van der Waals surface area contributed by atoms with Gasteiger partial charge in [0.25, 0.3) is 0 Å². The highest BCUT2D eigenvalue weighted by atomic mass is 35.5. The van der Waals surface area contributed by atoms with Crippen molar-refractivity contribution in [1.29, 1.82) is 0 Å². The van der Waals surface area contributed by atoms with E-state index in [1.807, 2.05) is 6.92 Å². The zero-order chi connectivity index (χ0) is 12.3. The van der Waals surface area contributed by atoms with Gasteiger partial charge in [-0.2, -0.15) is 0 Å². The second kappa shape index (κ2) is 5.78. The minimum absolute atomic E-state index is 0.353. The maximum absolute atomic E-state index is 5.91. The first kappa shape index (κ1) is 12.8. The number of ether oxygens (including phenoxy) is 1. The van der Waals surface area contributed by atoms with Gasteiger partial charge >= 0.3 is 0 Å². The maximum atomic E-state index is 5.91. The second-order valence-corrected chi connectivity index (χ2v) is 5.25. The van der Waals surface area contributed by atoms with Crippen molar-refractivity contribution in [2.24, 2.45) is 5.92 Å². The molecule has 0 bridgehead atoms. The Morgan fingerprint density at radius 3 is 2.82 bits per heavy atom. The molecule has 0 aliphatic heterocycles. The molecule has 1 aromatic heterocycles. The van der Waals surface area contributed by atoms with Crippen LogP contribution in [-0.4, -0.2) is 16.1 Å². The van der Waals surface area contributed by atoms with Gasteiger partial charge in [-0.15, -0.1) is 0 Å². The average Bonchev–Trinajstić information content (AvgIpc) is 2.27. The average molecular weight is 255 g/mol. The number of hydrogen-bond acceptors (Lipinski definition) is 3. The van der Waals surface area contributed by atoms with Crippen LogP contribution in [0, 0.1) is 12.8 Å². The van der Waals surface area contributed by atoms with Gasteiger partial charge in [-0.05, 0) is 31.7 Å². The molecule has 0 aromatic carbocycles. The quantitative estimate of drug-likeness (QED) is 0.774. The van der Waals surface area contributed by atoms with Gasteiger partial charge < -0.3 is 4.74 Å². The van der Waals surface area contributed by atoms with E-state index >= 15 is 0 Å².